The molecule has 1 aliphatic rings. The Kier molecular flexibility index (Phi) is 4.32. The lowest BCUT2D eigenvalue weighted by atomic mass is 9.89. The summed E-state index contributed by atoms with van der Waals surface area (Å²) in [6.07, 6.45) is 0.415. The summed E-state index contributed by atoms with van der Waals surface area (Å²) >= 11 is 0. The first kappa shape index (κ1) is 15.5. The van der Waals surface area contributed by atoms with Crippen molar-refractivity contribution in [2.75, 3.05) is 11.9 Å². The number of carbonyl (C=O) groups excluding carboxylic acids is 2. The Labute approximate surface area is 124 Å². The molecule has 21 heavy (non-hydrogen) atoms. The summed E-state index contributed by atoms with van der Waals surface area (Å²) in [6, 6.07) is 5.16. The number of aliphatic hydroxyl groups is 1. The van der Waals surface area contributed by atoms with Crippen LogP contribution >= 0.6 is 0 Å². The van der Waals surface area contributed by atoms with E-state index in [0.717, 1.165) is 5.56 Å². The monoisotopic (exact) mass is 290 g/mol. The molecule has 0 bridgehead atoms. The predicted octanol–water partition coefficient (Wildman–Crippen LogP) is 1.71. The molecule has 0 radical (unpaired) electrons. The van der Waals surface area contributed by atoms with Gasteiger partial charge in [0.2, 0.25) is 5.91 Å². The van der Waals surface area contributed by atoms with Crippen molar-refractivity contribution < 1.29 is 14.7 Å². The van der Waals surface area contributed by atoms with Crippen molar-refractivity contribution in [2.45, 2.75) is 39.7 Å². The molecular weight excluding hydrogens is 268 g/mol. The van der Waals surface area contributed by atoms with Crippen LogP contribution in [0.15, 0.2) is 18.2 Å². The second kappa shape index (κ2) is 5.85. The summed E-state index contributed by atoms with van der Waals surface area (Å²) in [5.74, 6) is -0.296. The fraction of sp³-hybridized carbons (Fsp3) is 0.500. The van der Waals surface area contributed by atoms with Gasteiger partial charge in [0.15, 0.2) is 0 Å². The quantitative estimate of drug-likeness (QED) is 0.790. The predicted molar refractivity (Wildman–Crippen MR) is 81.2 cm³/mol. The molecule has 1 heterocycles. The van der Waals surface area contributed by atoms with Gasteiger partial charge in [0.25, 0.3) is 5.91 Å². The van der Waals surface area contributed by atoms with Crippen LogP contribution in [0.25, 0.3) is 0 Å². The van der Waals surface area contributed by atoms with E-state index in [9.17, 15) is 14.7 Å². The van der Waals surface area contributed by atoms with Crippen molar-refractivity contribution in [1.29, 1.82) is 0 Å². The highest BCUT2D eigenvalue weighted by Crippen LogP contribution is 2.24. The van der Waals surface area contributed by atoms with Crippen molar-refractivity contribution in [3.63, 3.8) is 0 Å². The zero-order valence-electron chi connectivity index (χ0n) is 12.7. The maximum absolute atomic E-state index is 12.1. The second-order valence-corrected chi connectivity index (χ2v) is 6.73. The Morgan fingerprint density at radius 2 is 2.14 bits per heavy atom. The molecule has 2 amide bonds. The number of aliphatic hydroxyl groups excluding tert-OH is 1. The SMILES string of the molecule is CC(C)(C)CC(O)CNC(=O)c1ccc2c(c1)NC(=O)C2. The van der Waals surface area contributed by atoms with Crippen LogP contribution < -0.4 is 10.6 Å². The standard InChI is InChI=1S/C16H22N2O3/c1-16(2,3)8-12(19)9-17-15(21)11-5-4-10-7-14(20)18-13(10)6-11/h4-6,12,19H,7-9H2,1-3H3,(H,17,21)(H,18,20). The van der Waals surface area contributed by atoms with Gasteiger partial charge in [0.1, 0.15) is 0 Å². The molecule has 1 atom stereocenters. The van der Waals surface area contributed by atoms with Crippen LogP contribution in [-0.4, -0.2) is 29.6 Å². The second-order valence-electron chi connectivity index (χ2n) is 6.73. The van der Waals surface area contributed by atoms with Crippen LogP contribution in [0.4, 0.5) is 5.69 Å². The van der Waals surface area contributed by atoms with Crippen molar-refractivity contribution >= 4 is 17.5 Å². The van der Waals surface area contributed by atoms with Crippen molar-refractivity contribution in [1.82, 2.24) is 5.32 Å². The Balaban J connectivity index is 1.93. The van der Waals surface area contributed by atoms with Gasteiger partial charge in [0, 0.05) is 17.8 Å². The van der Waals surface area contributed by atoms with Gasteiger partial charge in [-0.05, 0) is 29.5 Å². The molecule has 114 valence electrons. The molecule has 0 spiro atoms. The lowest BCUT2D eigenvalue weighted by Crippen LogP contribution is -2.34. The van der Waals surface area contributed by atoms with Gasteiger partial charge in [-0.15, -0.1) is 0 Å². The van der Waals surface area contributed by atoms with E-state index < -0.39 is 6.10 Å². The summed E-state index contributed by atoms with van der Waals surface area (Å²) in [5, 5.41) is 15.3. The molecule has 1 aliphatic heterocycles. The third-order valence-electron chi connectivity index (χ3n) is 3.34. The number of benzene rings is 1. The zero-order valence-corrected chi connectivity index (χ0v) is 12.7. The van der Waals surface area contributed by atoms with Crippen LogP contribution in [0.3, 0.4) is 0 Å². The van der Waals surface area contributed by atoms with E-state index in [1.54, 1.807) is 18.2 Å². The normalized spacial score (nSPS) is 15.3. The van der Waals surface area contributed by atoms with Crippen LogP contribution in [-0.2, 0) is 11.2 Å². The molecule has 5 nitrogen and oxygen atoms in total. The summed E-state index contributed by atoms with van der Waals surface area (Å²) in [5.41, 5.74) is 2.10. The molecule has 0 aliphatic carbocycles. The number of rotatable bonds is 4. The van der Waals surface area contributed by atoms with Crippen molar-refractivity contribution in [2.24, 2.45) is 5.41 Å². The summed E-state index contributed by atoms with van der Waals surface area (Å²) in [7, 11) is 0. The largest absolute Gasteiger partial charge is 0.391 e. The van der Waals surface area contributed by atoms with E-state index in [-0.39, 0.29) is 23.8 Å². The molecule has 0 saturated heterocycles. The Morgan fingerprint density at radius 3 is 2.81 bits per heavy atom. The van der Waals surface area contributed by atoms with Gasteiger partial charge in [-0.2, -0.15) is 0 Å². The Bertz CT molecular complexity index is 561. The molecular formula is C16H22N2O3. The number of hydrogen-bond acceptors (Lipinski definition) is 3. The number of amides is 2. The van der Waals surface area contributed by atoms with Crippen LogP contribution in [0, 0.1) is 5.41 Å². The van der Waals surface area contributed by atoms with E-state index in [1.165, 1.54) is 0 Å². The average molecular weight is 290 g/mol. The molecule has 2 rings (SSSR count). The van der Waals surface area contributed by atoms with Gasteiger partial charge < -0.3 is 15.7 Å². The third kappa shape index (κ3) is 4.29. The molecule has 1 aromatic carbocycles. The highest BCUT2D eigenvalue weighted by atomic mass is 16.3. The smallest absolute Gasteiger partial charge is 0.251 e. The highest BCUT2D eigenvalue weighted by Gasteiger charge is 2.20. The van der Waals surface area contributed by atoms with E-state index >= 15 is 0 Å². The highest BCUT2D eigenvalue weighted by molar-refractivity contribution is 6.02. The molecule has 1 aromatic rings. The molecule has 1 unspecified atom stereocenters. The van der Waals surface area contributed by atoms with E-state index in [1.807, 2.05) is 20.8 Å². The first-order valence-corrected chi connectivity index (χ1v) is 7.14. The van der Waals surface area contributed by atoms with E-state index in [4.69, 9.17) is 0 Å². The lowest BCUT2D eigenvalue weighted by Gasteiger charge is -2.22. The molecule has 0 aromatic heterocycles. The number of carbonyl (C=O) groups is 2. The lowest BCUT2D eigenvalue weighted by molar-refractivity contribution is -0.115. The fourth-order valence-corrected chi connectivity index (χ4v) is 2.45. The van der Waals surface area contributed by atoms with Gasteiger partial charge in [-0.1, -0.05) is 26.8 Å². The topological polar surface area (TPSA) is 78.4 Å². The minimum Gasteiger partial charge on any atom is -0.391 e. The summed E-state index contributed by atoms with van der Waals surface area (Å²) in [4.78, 5) is 23.3. The van der Waals surface area contributed by atoms with E-state index in [0.29, 0.717) is 24.1 Å². The van der Waals surface area contributed by atoms with Crippen LogP contribution in [0.2, 0.25) is 0 Å². The minimum atomic E-state index is -0.567. The van der Waals surface area contributed by atoms with Gasteiger partial charge in [-0.3, -0.25) is 9.59 Å². The van der Waals surface area contributed by atoms with Crippen LogP contribution in [0.5, 0.6) is 0 Å². The minimum absolute atomic E-state index is 0.0159. The maximum atomic E-state index is 12.1. The number of anilines is 1. The molecule has 3 N–H and O–H groups in total. The van der Waals surface area contributed by atoms with Crippen molar-refractivity contribution in [3.8, 4) is 0 Å². The summed E-state index contributed by atoms with van der Waals surface area (Å²) in [6.45, 7) is 6.35. The van der Waals surface area contributed by atoms with E-state index in [2.05, 4.69) is 10.6 Å². The third-order valence-corrected chi connectivity index (χ3v) is 3.34. The Morgan fingerprint density at radius 1 is 1.43 bits per heavy atom. The fourth-order valence-electron chi connectivity index (χ4n) is 2.45. The molecule has 0 fully saturated rings. The molecule has 0 saturated carbocycles. The number of hydrogen-bond donors (Lipinski definition) is 3. The van der Waals surface area contributed by atoms with Crippen molar-refractivity contribution in [3.05, 3.63) is 29.3 Å². The van der Waals surface area contributed by atoms with Gasteiger partial charge in [-0.25, -0.2) is 0 Å². The molecule has 5 heteroatoms. The number of nitrogens with one attached hydrogen (secondary N) is 2. The summed E-state index contributed by atoms with van der Waals surface area (Å²) < 4.78 is 0. The maximum Gasteiger partial charge on any atom is 0.251 e. The first-order valence-electron chi connectivity index (χ1n) is 7.14. The first-order chi connectivity index (χ1) is 9.74. The number of fused-ring (bicyclic) bond motifs is 1. The van der Waals surface area contributed by atoms with Gasteiger partial charge >= 0.3 is 0 Å². The van der Waals surface area contributed by atoms with Gasteiger partial charge in [0.05, 0.1) is 12.5 Å². The average Bonchev–Trinajstić information content (AvgIpc) is 2.72. The van der Waals surface area contributed by atoms with Crippen LogP contribution in [0.1, 0.15) is 43.1 Å². The zero-order chi connectivity index (χ0) is 15.6. The Hall–Kier alpha value is -1.88.